The monoisotopic (exact) mass is 534 g/mol. The lowest BCUT2D eigenvalue weighted by Crippen LogP contribution is -2.59. The van der Waals surface area contributed by atoms with Crippen LogP contribution in [0.2, 0.25) is 0 Å². The molecule has 0 aliphatic rings. The molecule has 11 nitrogen and oxygen atoms in total. The first-order valence-electron chi connectivity index (χ1n) is 12.3. The van der Waals surface area contributed by atoms with Crippen molar-refractivity contribution in [2.75, 3.05) is 12.3 Å². The number of carboxylic acid groups (broad SMARTS) is 1. The first kappa shape index (κ1) is 30.1. The van der Waals surface area contributed by atoms with Crippen LogP contribution in [0.5, 0.6) is 0 Å². The summed E-state index contributed by atoms with van der Waals surface area (Å²) in [5.74, 6) is -3.13. The number of hydrogen-bond acceptors (Lipinski definition) is 7. The third-order valence-electron chi connectivity index (χ3n) is 6.07. The summed E-state index contributed by atoms with van der Waals surface area (Å²) in [5.41, 5.74) is 12.9. The van der Waals surface area contributed by atoms with Gasteiger partial charge in [0.25, 0.3) is 0 Å². The number of fused-ring (bicyclic) bond motifs is 1. The number of nitrogens with one attached hydrogen (secondary N) is 4. The molecule has 12 heteroatoms. The van der Waals surface area contributed by atoms with Crippen molar-refractivity contribution in [2.45, 2.75) is 63.7 Å². The van der Waals surface area contributed by atoms with Crippen molar-refractivity contribution >= 4 is 47.2 Å². The van der Waals surface area contributed by atoms with Gasteiger partial charge in [0.1, 0.15) is 18.1 Å². The second-order valence-corrected chi connectivity index (χ2v) is 9.69. The number of benzene rings is 1. The standard InChI is InChI=1S/C25H38N6O5S/c1-14(2)21(31-22(32)17(27)13-37)24(34)30-20(11-15-12-28-18-8-4-3-7-16(15)18)23(33)29-19(25(35)36)9-5-6-10-26/h3-4,7-8,12,14,17,19-21,28,37H,5-6,9-11,13,26-27H2,1-2H3,(H,29,33)(H,30,34)(H,31,32)(H,35,36). The van der Waals surface area contributed by atoms with Crippen LogP contribution in [0.15, 0.2) is 30.5 Å². The van der Waals surface area contributed by atoms with E-state index in [4.69, 9.17) is 11.5 Å². The lowest BCUT2D eigenvalue weighted by atomic mass is 10.00. The second-order valence-electron chi connectivity index (χ2n) is 9.33. The van der Waals surface area contributed by atoms with E-state index in [2.05, 4.69) is 33.6 Å². The molecule has 4 atom stereocenters. The number of nitrogens with two attached hydrogens (primary N) is 2. The minimum absolute atomic E-state index is 0.102. The molecule has 0 bridgehead atoms. The van der Waals surface area contributed by atoms with Gasteiger partial charge < -0.3 is 37.5 Å². The Balaban J connectivity index is 2.29. The Morgan fingerprint density at radius 3 is 2.30 bits per heavy atom. The largest absolute Gasteiger partial charge is 0.480 e. The number of unbranched alkanes of at least 4 members (excludes halogenated alkanes) is 1. The van der Waals surface area contributed by atoms with Crippen LogP contribution in [0.4, 0.5) is 0 Å². The molecule has 9 N–H and O–H groups in total. The number of amides is 3. The second kappa shape index (κ2) is 14.6. The van der Waals surface area contributed by atoms with Gasteiger partial charge in [0.05, 0.1) is 6.04 Å². The topological polar surface area (TPSA) is 192 Å². The Labute approximate surface area is 221 Å². The Hall–Kier alpha value is -3.09. The van der Waals surface area contributed by atoms with Gasteiger partial charge in [-0.25, -0.2) is 4.79 Å². The van der Waals surface area contributed by atoms with Gasteiger partial charge >= 0.3 is 5.97 Å². The van der Waals surface area contributed by atoms with E-state index < -0.39 is 47.9 Å². The van der Waals surface area contributed by atoms with Crippen molar-refractivity contribution in [3.63, 3.8) is 0 Å². The third kappa shape index (κ3) is 8.76. The molecule has 37 heavy (non-hydrogen) atoms. The molecule has 1 heterocycles. The van der Waals surface area contributed by atoms with Gasteiger partial charge in [0, 0.05) is 29.3 Å². The molecule has 3 amide bonds. The van der Waals surface area contributed by atoms with Crippen LogP contribution in [-0.2, 0) is 25.6 Å². The Morgan fingerprint density at radius 2 is 1.68 bits per heavy atom. The summed E-state index contributed by atoms with van der Waals surface area (Å²) in [4.78, 5) is 53.8. The number of hydrogen-bond donors (Lipinski definition) is 8. The molecule has 2 aromatic rings. The molecule has 0 aliphatic heterocycles. The van der Waals surface area contributed by atoms with Crippen LogP contribution in [0.3, 0.4) is 0 Å². The summed E-state index contributed by atoms with van der Waals surface area (Å²) >= 11 is 4.02. The molecule has 4 unspecified atom stereocenters. The Kier molecular flexibility index (Phi) is 11.9. The molecular weight excluding hydrogens is 496 g/mol. The van der Waals surface area contributed by atoms with E-state index >= 15 is 0 Å². The molecular formula is C25H38N6O5S. The van der Waals surface area contributed by atoms with Gasteiger partial charge in [-0.1, -0.05) is 32.0 Å². The number of aromatic nitrogens is 1. The summed E-state index contributed by atoms with van der Waals surface area (Å²) < 4.78 is 0. The van der Waals surface area contributed by atoms with Crippen molar-refractivity contribution < 1.29 is 24.3 Å². The Bertz CT molecular complexity index is 1070. The average molecular weight is 535 g/mol. The van der Waals surface area contributed by atoms with Crippen LogP contribution < -0.4 is 27.4 Å². The summed E-state index contributed by atoms with van der Waals surface area (Å²) in [6.07, 6.45) is 3.21. The SMILES string of the molecule is CC(C)C(NC(=O)C(N)CS)C(=O)NC(Cc1c[nH]c2ccccc12)C(=O)NC(CCCCN)C(=O)O. The molecule has 0 radical (unpaired) electrons. The van der Waals surface area contributed by atoms with E-state index in [1.165, 1.54) is 0 Å². The smallest absolute Gasteiger partial charge is 0.326 e. The summed E-state index contributed by atoms with van der Waals surface area (Å²) in [6, 6.07) is 3.43. The predicted octanol–water partition coefficient (Wildman–Crippen LogP) is 0.292. The maximum absolute atomic E-state index is 13.3. The first-order chi connectivity index (χ1) is 17.6. The zero-order valence-electron chi connectivity index (χ0n) is 21.2. The molecule has 0 aliphatic carbocycles. The number of carbonyl (C=O) groups is 4. The van der Waals surface area contributed by atoms with Gasteiger partial charge in [-0.15, -0.1) is 0 Å². The van der Waals surface area contributed by atoms with Gasteiger partial charge in [0.15, 0.2) is 0 Å². The molecule has 0 fully saturated rings. The van der Waals surface area contributed by atoms with Gasteiger partial charge in [0.2, 0.25) is 17.7 Å². The van der Waals surface area contributed by atoms with E-state index in [9.17, 15) is 24.3 Å². The highest BCUT2D eigenvalue weighted by molar-refractivity contribution is 7.80. The number of carboxylic acids is 1. The number of carbonyl (C=O) groups excluding carboxylic acids is 3. The van der Waals surface area contributed by atoms with Gasteiger partial charge in [-0.05, 0) is 43.4 Å². The van der Waals surface area contributed by atoms with Crippen molar-refractivity contribution in [1.29, 1.82) is 0 Å². The molecule has 0 saturated heterocycles. The number of thiol groups is 1. The number of aliphatic carboxylic acids is 1. The highest BCUT2D eigenvalue weighted by Crippen LogP contribution is 2.19. The molecule has 2 rings (SSSR count). The molecule has 1 aromatic carbocycles. The normalized spacial score (nSPS) is 14.5. The van der Waals surface area contributed by atoms with E-state index in [0.29, 0.717) is 19.4 Å². The molecule has 0 spiro atoms. The third-order valence-corrected chi connectivity index (χ3v) is 6.47. The zero-order valence-corrected chi connectivity index (χ0v) is 22.1. The number of rotatable bonds is 15. The van der Waals surface area contributed by atoms with Gasteiger partial charge in [-0.2, -0.15) is 12.6 Å². The van der Waals surface area contributed by atoms with Crippen LogP contribution in [0.25, 0.3) is 10.9 Å². The van der Waals surface area contributed by atoms with Crippen molar-refractivity contribution in [1.82, 2.24) is 20.9 Å². The highest BCUT2D eigenvalue weighted by atomic mass is 32.1. The zero-order chi connectivity index (χ0) is 27.5. The number of H-pyrrole nitrogens is 1. The highest BCUT2D eigenvalue weighted by Gasteiger charge is 2.32. The summed E-state index contributed by atoms with van der Waals surface area (Å²) in [7, 11) is 0. The fraction of sp³-hybridized carbons (Fsp3) is 0.520. The minimum atomic E-state index is -1.17. The van der Waals surface area contributed by atoms with Crippen molar-refractivity contribution in [3.05, 3.63) is 36.0 Å². The molecule has 1 aromatic heterocycles. The van der Waals surface area contributed by atoms with Crippen LogP contribution in [0, 0.1) is 5.92 Å². The van der Waals surface area contributed by atoms with Crippen molar-refractivity contribution in [3.8, 4) is 0 Å². The maximum atomic E-state index is 13.3. The Morgan fingerprint density at radius 1 is 1.00 bits per heavy atom. The minimum Gasteiger partial charge on any atom is -0.480 e. The predicted molar refractivity (Wildman–Crippen MR) is 145 cm³/mol. The van der Waals surface area contributed by atoms with Crippen LogP contribution >= 0.6 is 12.6 Å². The van der Waals surface area contributed by atoms with Crippen molar-refractivity contribution in [2.24, 2.45) is 17.4 Å². The average Bonchev–Trinajstić information content (AvgIpc) is 3.27. The van der Waals surface area contributed by atoms with Crippen LogP contribution in [0.1, 0.15) is 38.7 Å². The summed E-state index contributed by atoms with van der Waals surface area (Å²) in [6.45, 7) is 3.92. The van der Waals surface area contributed by atoms with E-state index in [1.807, 2.05) is 24.3 Å². The first-order valence-corrected chi connectivity index (χ1v) is 13.0. The van der Waals surface area contributed by atoms with E-state index in [1.54, 1.807) is 20.0 Å². The van der Waals surface area contributed by atoms with E-state index in [0.717, 1.165) is 16.5 Å². The number of para-hydroxylation sites is 1. The maximum Gasteiger partial charge on any atom is 0.326 e. The van der Waals surface area contributed by atoms with Crippen LogP contribution in [-0.4, -0.2) is 70.2 Å². The van der Waals surface area contributed by atoms with Gasteiger partial charge in [-0.3, -0.25) is 14.4 Å². The fourth-order valence-corrected chi connectivity index (χ4v) is 4.06. The quantitative estimate of drug-likeness (QED) is 0.119. The molecule has 0 saturated carbocycles. The fourth-order valence-electron chi connectivity index (χ4n) is 3.89. The number of aromatic amines is 1. The lowest BCUT2D eigenvalue weighted by Gasteiger charge is -2.27. The molecule has 204 valence electrons. The van der Waals surface area contributed by atoms with E-state index in [-0.39, 0.29) is 24.5 Å². The lowest BCUT2D eigenvalue weighted by molar-refractivity contribution is -0.142. The summed E-state index contributed by atoms with van der Waals surface area (Å²) in [5, 5.41) is 18.4.